The Morgan fingerprint density at radius 3 is 1.30 bits per heavy atom. The largest absolute Gasteiger partial charge is 0.450 e. The number of anilines is 2. The zero-order valence-electron chi connectivity index (χ0n) is 15.6. The lowest BCUT2D eigenvalue weighted by atomic mass is 10.3. The summed E-state index contributed by atoms with van der Waals surface area (Å²) in [6.07, 6.45) is 0. The van der Waals surface area contributed by atoms with Crippen molar-refractivity contribution < 1.29 is 35.6 Å². The lowest BCUT2D eigenvalue weighted by Gasteiger charge is -2.29. The van der Waals surface area contributed by atoms with Crippen LogP contribution in [0.4, 0.5) is 11.4 Å². The summed E-state index contributed by atoms with van der Waals surface area (Å²) < 4.78 is 75.1. The van der Waals surface area contributed by atoms with E-state index in [0.29, 0.717) is 8.15 Å². The summed E-state index contributed by atoms with van der Waals surface area (Å²) in [6, 6.07) is 5.94. The monoisotopic (exact) mass is 442 g/mol. The lowest BCUT2D eigenvalue weighted by Crippen LogP contribution is -2.36. The summed E-state index contributed by atoms with van der Waals surface area (Å²) in [6.45, 7) is 6.01. The van der Waals surface area contributed by atoms with Crippen molar-refractivity contribution in [1.29, 1.82) is 0 Å². The average Bonchev–Trinajstić information content (AvgIpc) is 2.82. The zero-order chi connectivity index (χ0) is 20.3. The molecule has 1 aromatic rings. The highest BCUT2D eigenvalue weighted by atomic mass is 32.2. The van der Waals surface area contributed by atoms with Crippen molar-refractivity contribution in [3.05, 3.63) is 24.3 Å². The highest BCUT2D eigenvalue weighted by molar-refractivity contribution is 8.06. The van der Waals surface area contributed by atoms with E-state index in [1.165, 1.54) is 12.1 Å². The van der Waals surface area contributed by atoms with Crippen molar-refractivity contribution in [2.75, 3.05) is 34.6 Å². The van der Waals surface area contributed by atoms with E-state index in [4.69, 9.17) is 18.1 Å². The standard InChI is InChI=1S/C14H24N2O8P2S/c1-5-21-25(17,22-6-2)15-13-11-9-10-12-14(13)16(27(15,19)20)26(18,23-7-3)24-8-4/h9-12H,5-8H2,1-4H3. The van der Waals surface area contributed by atoms with Gasteiger partial charge in [-0.1, -0.05) is 12.1 Å². The van der Waals surface area contributed by atoms with E-state index in [0.717, 1.165) is 0 Å². The summed E-state index contributed by atoms with van der Waals surface area (Å²) in [4.78, 5) is 0. The normalized spacial score (nSPS) is 16.6. The van der Waals surface area contributed by atoms with Gasteiger partial charge in [0.2, 0.25) is 0 Å². The van der Waals surface area contributed by atoms with E-state index < -0.39 is 25.7 Å². The second-order valence-corrected chi connectivity index (χ2v) is 11.0. The fraction of sp³-hybridized carbons (Fsp3) is 0.571. The second-order valence-electron chi connectivity index (χ2n) is 5.09. The van der Waals surface area contributed by atoms with E-state index in [-0.39, 0.29) is 37.8 Å². The molecule has 0 saturated carbocycles. The molecule has 0 atom stereocenters. The SMILES string of the molecule is CCOP(=O)(OCC)N1c2ccccc2N(P(=O)(OCC)OCC)S1(=O)=O. The Labute approximate surface area is 159 Å². The van der Waals surface area contributed by atoms with Crippen molar-refractivity contribution in [3.8, 4) is 0 Å². The molecule has 0 fully saturated rings. The van der Waals surface area contributed by atoms with Crippen molar-refractivity contribution >= 4 is 37.1 Å². The van der Waals surface area contributed by atoms with Gasteiger partial charge in [0.1, 0.15) is 0 Å². The minimum atomic E-state index is -4.65. The number of fused-ring (bicyclic) bond motifs is 1. The van der Waals surface area contributed by atoms with Crippen LogP contribution in [0, 0.1) is 0 Å². The molecule has 10 nitrogen and oxygen atoms in total. The molecule has 2 rings (SSSR count). The Morgan fingerprint density at radius 2 is 1.04 bits per heavy atom. The molecule has 0 amide bonds. The van der Waals surface area contributed by atoms with Crippen molar-refractivity contribution in [3.63, 3.8) is 0 Å². The smallest absolute Gasteiger partial charge is 0.292 e. The molecule has 0 N–H and O–H groups in total. The van der Waals surface area contributed by atoms with Gasteiger partial charge in [-0.05, 0) is 39.8 Å². The predicted octanol–water partition coefficient (Wildman–Crippen LogP) is 3.92. The molecule has 13 heteroatoms. The molecule has 0 radical (unpaired) electrons. The van der Waals surface area contributed by atoms with Crippen LogP contribution in [0.2, 0.25) is 0 Å². The molecular weight excluding hydrogens is 418 g/mol. The number of hydrogen-bond acceptors (Lipinski definition) is 8. The van der Waals surface area contributed by atoms with Crippen LogP contribution in [0.3, 0.4) is 0 Å². The molecular formula is C14H24N2O8P2S. The molecule has 1 aromatic carbocycles. The first-order valence-electron chi connectivity index (χ1n) is 8.45. The van der Waals surface area contributed by atoms with Gasteiger partial charge in [-0.15, -0.1) is 0 Å². The van der Waals surface area contributed by atoms with E-state index in [9.17, 15) is 17.5 Å². The second kappa shape index (κ2) is 8.61. The molecule has 27 heavy (non-hydrogen) atoms. The van der Waals surface area contributed by atoms with Gasteiger partial charge in [0.15, 0.2) is 0 Å². The third kappa shape index (κ3) is 3.96. The summed E-state index contributed by atoms with van der Waals surface area (Å²) >= 11 is 0. The first kappa shape index (κ1) is 22.4. The number of benzene rings is 1. The van der Waals surface area contributed by atoms with Crippen molar-refractivity contribution in [2.45, 2.75) is 27.7 Å². The topological polar surface area (TPSA) is 112 Å². The number of nitrogens with zero attached hydrogens (tertiary/aromatic N) is 2. The van der Waals surface area contributed by atoms with Crippen LogP contribution in [0.15, 0.2) is 24.3 Å². The van der Waals surface area contributed by atoms with Crippen molar-refractivity contribution in [2.24, 2.45) is 0 Å². The molecule has 1 heterocycles. The lowest BCUT2D eigenvalue weighted by molar-refractivity contribution is 0.221. The molecule has 1 aliphatic heterocycles. The maximum absolute atomic E-state index is 13.3. The van der Waals surface area contributed by atoms with Gasteiger partial charge in [0, 0.05) is 0 Å². The number of para-hydroxylation sites is 2. The molecule has 0 aromatic heterocycles. The first-order valence-corrected chi connectivity index (χ1v) is 12.8. The number of hydrogen-bond donors (Lipinski definition) is 0. The fourth-order valence-electron chi connectivity index (χ4n) is 2.56. The maximum Gasteiger partial charge on any atom is 0.450 e. The maximum atomic E-state index is 13.3. The predicted molar refractivity (Wildman–Crippen MR) is 102 cm³/mol. The third-order valence-corrected chi connectivity index (χ3v) is 10.7. The Kier molecular flexibility index (Phi) is 7.13. The van der Waals surface area contributed by atoms with Gasteiger partial charge in [-0.25, -0.2) is 9.13 Å². The molecule has 0 unspecified atom stereocenters. The molecule has 154 valence electrons. The van der Waals surface area contributed by atoms with Crippen LogP contribution >= 0.6 is 15.5 Å². The highest BCUT2D eigenvalue weighted by Crippen LogP contribution is 2.68. The Bertz CT molecular complexity index is 779. The van der Waals surface area contributed by atoms with E-state index in [1.807, 2.05) is 0 Å². The molecule has 0 spiro atoms. The zero-order valence-corrected chi connectivity index (χ0v) is 18.2. The van der Waals surface area contributed by atoms with Crippen LogP contribution in [0.25, 0.3) is 0 Å². The summed E-state index contributed by atoms with van der Waals surface area (Å²) in [5.41, 5.74) is 0.00438. The summed E-state index contributed by atoms with van der Waals surface area (Å²) in [7, 11) is -13.2. The van der Waals surface area contributed by atoms with Crippen LogP contribution in [0.1, 0.15) is 27.7 Å². The quantitative estimate of drug-likeness (QED) is 0.501. The van der Waals surface area contributed by atoms with Crippen LogP contribution in [0.5, 0.6) is 0 Å². The summed E-state index contributed by atoms with van der Waals surface area (Å²) in [5, 5.41) is 0. The molecule has 0 saturated heterocycles. The average molecular weight is 442 g/mol. The van der Waals surface area contributed by atoms with E-state index in [1.54, 1.807) is 39.8 Å². The van der Waals surface area contributed by atoms with Gasteiger partial charge >= 0.3 is 25.7 Å². The van der Waals surface area contributed by atoms with E-state index >= 15 is 0 Å². The third-order valence-electron chi connectivity index (χ3n) is 3.34. The fourth-order valence-corrected chi connectivity index (χ4v) is 9.45. The van der Waals surface area contributed by atoms with Crippen LogP contribution < -0.4 is 8.15 Å². The first-order chi connectivity index (χ1) is 12.7. The highest BCUT2D eigenvalue weighted by Gasteiger charge is 2.58. The minimum absolute atomic E-state index is 0.00219. The van der Waals surface area contributed by atoms with Crippen LogP contribution in [-0.2, 0) is 37.4 Å². The van der Waals surface area contributed by atoms with Gasteiger partial charge in [-0.2, -0.15) is 16.6 Å². The van der Waals surface area contributed by atoms with Gasteiger partial charge in [0.05, 0.1) is 37.8 Å². The minimum Gasteiger partial charge on any atom is -0.292 e. The Morgan fingerprint density at radius 1 is 0.741 bits per heavy atom. The van der Waals surface area contributed by atoms with Crippen molar-refractivity contribution in [1.82, 2.24) is 0 Å². The van der Waals surface area contributed by atoms with Gasteiger partial charge in [0.25, 0.3) is 0 Å². The van der Waals surface area contributed by atoms with Gasteiger partial charge in [-0.3, -0.25) is 18.1 Å². The molecule has 1 aliphatic rings. The van der Waals surface area contributed by atoms with Gasteiger partial charge < -0.3 is 0 Å². The summed E-state index contributed by atoms with van der Waals surface area (Å²) in [5.74, 6) is 0. The van der Waals surface area contributed by atoms with E-state index in [2.05, 4.69) is 0 Å². The number of rotatable bonds is 10. The molecule has 0 aliphatic carbocycles. The Balaban J connectivity index is 2.74. The Hall–Kier alpha value is -0.930. The van der Waals surface area contributed by atoms with Crippen LogP contribution in [-0.4, -0.2) is 34.8 Å². The molecule has 0 bridgehead atoms.